The maximum Gasteiger partial charge on any atom is 0.254 e. The van der Waals surface area contributed by atoms with Crippen molar-refractivity contribution < 1.29 is 19.1 Å². The van der Waals surface area contributed by atoms with Gasteiger partial charge in [-0.1, -0.05) is 0 Å². The number of piperazine rings is 1. The molecule has 4 saturated carbocycles. The van der Waals surface area contributed by atoms with Crippen molar-refractivity contribution in [1.82, 2.24) is 9.80 Å². The van der Waals surface area contributed by atoms with Crippen LogP contribution in [0.4, 0.5) is 0 Å². The Morgan fingerprint density at radius 2 is 1.41 bits per heavy atom. The highest BCUT2D eigenvalue weighted by atomic mass is 16.7. The number of ether oxygens (including phenoxy) is 2. The molecule has 29 heavy (non-hydrogen) atoms. The first-order valence-electron chi connectivity index (χ1n) is 11.1. The van der Waals surface area contributed by atoms with Crippen LogP contribution in [0.5, 0.6) is 11.5 Å². The van der Waals surface area contributed by atoms with Gasteiger partial charge in [0.1, 0.15) is 0 Å². The minimum Gasteiger partial charge on any atom is -0.454 e. The van der Waals surface area contributed by atoms with Crippen molar-refractivity contribution in [3.63, 3.8) is 0 Å². The molecule has 0 N–H and O–H groups in total. The van der Waals surface area contributed by atoms with Crippen molar-refractivity contribution in [3.05, 3.63) is 23.8 Å². The molecular weight excluding hydrogens is 368 g/mol. The summed E-state index contributed by atoms with van der Waals surface area (Å²) in [5.41, 5.74) is 0.620. The molecule has 2 heterocycles. The zero-order chi connectivity index (χ0) is 19.5. The van der Waals surface area contributed by atoms with Crippen molar-refractivity contribution in [2.45, 2.75) is 32.1 Å². The van der Waals surface area contributed by atoms with Crippen LogP contribution in [-0.2, 0) is 4.79 Å². The third kappa shape index (κ3) is 2.90. The van der Waals surface area contributed by atoms with Crippen LogP contribution in [-0.4, -0.2) is 54.6 Å². The summed E-state index contributed by atoms with van der Waals surface area (Å²) in [6, 6.07) is 5.35. The standard InChI is InChI=1S/C23H28N2O4/c26-22(16-1-2-19-20(12-16)29-13-28-19)24-3-5-25(6-4-24)23(27)21-17-8-14-7-15(10-17)11-18(21)9-14/h1-2,12,14-15,17-18,21H,3-11,13H2. The maximum absolute atomic E-state index is 13.4. The zero-order valence-corrected chi connectivity index (χ0v) is 16.7. The van der Waals surface area contributed by atoms with Crippen molar-refractivity contribution >= 4 is 11.8 Å². The lowest BCUT2D eigenvalue weighted by molar-refractivity contribution is -0.150. The van der Waals surface area contributed by atoms with E-state index in [-0.39, 0.29) is 18.6 Å². The zero-order valence-electron chi connectivity index (χ0n) is 16.7. The first-order valence-corrected chi connectivity index (χ1v) is 11.1. The van der Waals surface area contributed by atoms with Crippen molar-refractivity contribution in [2.75, 3.05) is 33.0 Å². The van der Waals surface area contributed by atoms with Crippen LogP contribution < -0.4 is 9.47 Å². The number of hydrogen-bond donors (Lipinski definition) is 0. The molecule has 0 unspecified atom stereocenters. The van der Waals surface area contributed by atoms with Crippen molar-refractivity contribution in [1.29, 1.82) is 0 Å². The van der Waals surface area contributed by atoms with E-state index >= 15 is 0 Å². The SMILES string of the molecule is O=C(c1ccc2c(c1)OCO2)N1CCN(C(=O)C2C3CC4CC(C3)CC2C4)CC1. The van der Waals surface area contributed by atoms with E-state index in [0.29, 0.717) is 61.0 Å². The molecule has 4 bridgehead atoms. The summed E-state index contributed by atoms with van der Waals surface area (Å²) in [5.74, 6) is 4.95. The Kier molecular flexibility index (Phi) is 4.03. The summed E-state index contributed by atoms with van der Waals surface area (Å²) >= 11 is 0. The summed E-state index contributed by atoms with van der Waals surface area (Å²) in [7, 11) is 0. The van der Waals surface area contributed by atoms with Gasteiger partial charge < -0.3 is 19.3 Å². The van der Waals surface area contributed by atoms with Gasteiger partial charge in [0.2, 0.25) is 12.7 Å². The number of amides is 2. The molecule has 154 valence electrons. The molecule has 1 saturated heterocycles. The lowest BCUT2D eigenvalue weighted by atomic mass is 9.51. The first-order chi connectivity index (χ1) is 14.2. The van der Waals surface area contributed by atoms with Gasteiger partial charge in [-0.05, 0) is 74.0 Å². The second-order valence-corrected chi connectivity index (χ2v) is 9.64. The topological polar surface area (TPSA) is 59.1 Å². The molecule has 2 aliphatic heterocycles. The largest absolute Gasteiger partial charge is 0.454 e. The molecule has 0 spiro atoms. The molecule has 5 fully saturated rings. The summed E-state index contributed by atoms with van der Waals surface area (Å²) in [4.78, 5) is 30.2. The van der Waals surface area contributed by atoms with Gasteiger partial charge in [0.15, 0.2) is 11.5 Å². The smallest absolute Gasteiger partial charge is 0.254 e. The monoisotopic (exact) mass is 396 g/mol. The fourth-order valence-electron chi connectivity index (χ4n) is 6.88. The summed E-state index contributed by atoms with van der Waals surface area (Å²) in [6.07, 6.45) is 6.49. The molecule has 0 radical (unpaired) electrons. The minimum absolute atomic E-state index is 0.00465. The number of benzene rings is 1. The minimum atomic E-state index is 0.00465. The fraction of sp³-hybridized carbons (Fsp3) is 0.652. The fourth-order valence-corrected chi connectivity index (χ4v) is 6.88. The molecule has 1 aromatic rings. The van der Waals surface area contributed by atoms with E-state index in [4.69, 9.17) is 9.47 Å². The van der Waals surface area contributed by atoms with Gasteiger partial charge in [-0.15, -0.1) is 0 Å². The first kappa shape index (κ1) is 17.6. The molecule has 1 aromatic carbocycles. The number of nitrogens with zero attached hydrogens (tertiary/aromatic N) is 2. The highest BCUT2D eigenvalue weighted by Crippen LogP contribution is 2.56. The second kappa shape index (κ2) is 6.64. The quantitative estimate of drug-likeness (QED) is 0.771. The summed E-state index contributed by atoms with van der Waals surface area (Å²) in [5, 5.41) is 0. The van der Waals surface area contributed by atoms with E-state index in [1.165, 1.54) is 32.1 Å². The van der Waals surface area contributed by atoms with Crippen LogP contribution in [0.2, 0.25) is 0 Å². The molecule has 0 aromatic heterocycles. The van der Waals surface area contributed by atoms with Gasteiger partial charge >= 0.3 is 0 Å². The Bertz CT molecular complexity index is 817. The van der Waals surface area contributed by atoms with Gasteiger partial charge in [-0.25, -0.2) is 0 Å². The van der Waals surface area contributed by atoms with E-state index in [9.17, 15) is 9.59 Å². The molecule has 6 nitrogen and oxygen atoms in total. The van der Waals surface area contributed by atoms with Crippen LogP contribution >= 0.6 is 0 Å². The number of fused-ring (bicyclic) bond motifs is 1. The lowest BCUT2D eigenvalue weighted by Gasteiger charge is -2.54. The molecule has 4 aliphatic carbocycles. The van der Waals surface area contributed by atoms with E-state index in [0.717, 1.165) is 11.8 Å². The van der Waals surface area contributed by atoms with Gasteiger partial charge in [0.05, 0.1) is 0 Å². The van der Waals surface area contributed by atoms with Crippen LogP contribution in [0.3, 0.4) is 0 Å². The van der Waals surface area contributed by atoms with Gasteiger partial charge in [-0.2, -0.15) is 0 Å². The number of carbonyl (C=O) groups excluding carboxylic acids is 2. The van der Waals surface area contributed by atoms with E-state index in [2.05, 4.69) is 0 Å². The Hall–Kier alpha value is -2.24. The van der Waals surface area contributed by atoms with Crippen LogP contribution in [0, 0.1) is 29.6 Å². The van der Waals surface area contributed by atoms with Crippen LogP contribution in [0.25, 0.3) is 0 Å². The molecular formula is C23H28N2O4. The van der Waals surface area contributed by atoms with Crippen LogP contribution in [0.15, 0.2) is 18.2 Å². The lowest BCUT2D eigenvalue weighted by Crippen LogP contribution is -2.56. The predicted molar refractivity (Wildman–Crippen MR) is 106 cm³/mol. The average Bonchev–Trinajstić information content (AvgIpc) is 3.20. The van der Waals surface area contributed by atoms with Crippen molar-refractivity contribution in [2.24, 2.45) is 29.6 Å². The number of hydrogen-bond acceptors (Lipinski definition) is 4. The Morgan fingerprint density at radius 3 is 2.10 bits per heavy atom. The predicted octanol–water partition coefficient (Wildman–Crippen LogP) is 2.77. The maximum atomic E-state index is 13.4. The third-order valence-electron chi connectivity index (χ3n) is 8.01. The van der Waals surface area contributed by atoms with Gasteiger partial charge in [0.25, 0.3) is 5.91 Å². The van der Waals surface area contributed by atoms with Crippen molar-refractivity contribution in [3.8, 4) is 11.5 Å². The van der Waals surface area contributed by atoms with Crippen LogP contribution in [0.1, 0.15) is 42.5 Å². The normalized spacial score (nSPS) is 34.6. The molecule has 0 atom stereocenters. The number of rotatable bonds is 2. The molecule has 6 aliphatic rings. The molecule has 7 rings (SSSR count). The Labute approximate surface area is 171 Å². The highest BCUT2D eigenvalue weighted by molar-refractivity contribution is 5.95. The number of carbonyl (C=O) groups is 2. The van der Waals surface area contributed by atoms with E-state index in [1.807, 2.05) is 9.80 Å². The summed E-state index contributed by atoms with van der Waals surface area (Å²) in [6.45, 7) is 2.72. The molecule has 6 heteroatoms. The third-order valence-corrected chi connectivity index (χ3v) is 8.01. The van der Waals surface area contributed by atoms with Gasteiger partial charge in [0, 0.05) is 37.7 Å². The Balaban J connectivity index is 1.10. The van der Waals surface area contributed by atoms with Gasteiger partial charge in [-0.3, -0.25) is 9.59 Å². The summed E-state index contributed by atoms with van der Waals surface area (Å²) < 4.78 is 10.7. The van der Waals surface area contributed by atoms with E-state index in [1.54, 1.807) is 18.2 Å². The average molecular weight is 396 g/mol. The second-order valence-electron chi connectivity index (χ2n) is 9.64. The van der Waals surface area contributed by atoms with E-state index < -0.39 is 0 Å². The highest BCUT2D eigenvalue weighted by Gasteiger charge is 2.51. The molecule has 2 amide bonds. The Morgan fingerprint density at radius 1 is 0.793 bits per heavy atom.